The van der Waals surface area contributed by atoms with Gasteiger partial charge in [0.25, 0.3) is 0 Å². The monoisotopic (exact) mass is 342 g/mol. The number of hydrogen-bond donors (Lipinski definition) is 1. The molecule has 1 aromatic heterocycles. The number of benzene rings is 1. The molecule has 2 heterocycles. The molecule has 1 aliphatic rings. The fourth-order valence-corrected chi connectivity index (χ4v) is 3.21. The molecular formula is C18H26N6O. The highest BCUT2D eigenvalue weighted by atomic mass is 16.2. The average Bonchev–Trinajstić information content (AvgIpc) is 2.94. The fourth-order valence-electron chi connectivity index (χ4n) is 3.21. The van der Waals surface area contributed by atoms with Gasteiger partial charge in [-0.2, -0.15) is 5.10 Å². The molecule has 0 radical (unpaired) electrons. The Hall–Kier alpha value is -2.41. The molecule has 0 aliphatic carbocycles. The van der Waals surface area contributed by atoms with E-state index in [9.17, 15) is 4.79 Å². The van der Waals surface area contributed by atoms with E-state index in [2.05, 4.69) is 39.5 Å². The summed E-state index contributed by atoms with van der Waals surface area (Å²) in [7, 11) is 2.07. The smallest absolute Gasteiger partial charge is 0.318 e. The maximum absolute atomic E-state index is 12.5. The Morgan fingerprint density at radius 2 is 2.08 bits per heavy atom. The van der Waals surface area contributed by atoms with Crippen LogP contribution in [0, 0.1) is 6.92 Å². The summed E-state index contributed by atoms with van der Waals surface area (Å²) >= 11 is 0. The average molecular weight is 342 g/mol. The Labute approximate surface area is 148 Å². The molecule has 0 saturated carbocycles. The molecule has 25 heavy (non-hydrogen) atoms. The number of aryl methyl sites for hydroxylation is 1. The quantitative estimate of drug-likeness (QED) is 0.897. The zero-order valence-corrected chi connectivity index (χ0v) is 15.1. The van der Waals surface area contributed by atoms with Crippen molar-refractivity contribution in [3.05, 3.63) is 47.5 Å². The third-order valence-electron chi connectivity index (χ3n) is 4.31. The molecule has 0 saturated heterocycles. The predicted octanol–water partition coefficient (Wildman–Crippen LogP) is 1.63. The molecule has 0 unspecified atom stereocenters. The number of fused-ring (bicyclic) bond motifs is 1. The summed E-state index contributed by atoms with van der Waals surface area (Å²) < 4.78 is 1.89. The van der Waals surface area contributed by atoms with E-state index in [0.717, 1.165) is 24.7 Å². The van der Waals surface area contributed by atoms with Crippen molar-refractivity contribution in [1.29, 1.82) is 0 Å². The Morgan fingerprint density at radius 1 is 1.32 bits per heavy atom. The normalized spacial score (nSPS) is 15.1. The van der Waals surface area contributed by atoms with E-state index in [0.29, 0.717) is 19.6 Å². The Balaban J connectivity index is 1.47. The van der Waals surface area contributed by atoms with Crippen LogP contribution in [-0.4, -0.2) is 56.8 Å². The number of carbonyl (C=O) groups is 1. The van der Waals surface area contributed by atoms with Crippen LogP contribution in [0.25, 0.3) is 0 Å². The minimum Gasteiger partial charge on any atom is -0.334 e. The lowest BCUT2D eigenvalue weighted by Gasteiger charge is -2.29. The molecule has 0 fully saturated rings. The van der Waals surface area contributed by atoms with Gasteiger partial charge in [0.05, 0.1) is 13.1 Å². The van der Waals surface area contributed by atoms with Crippen molar-refractivity contribution in [2.45, 2.75) is 39.5 Å². The van der Waals surface area contributed by atoms with Gasteiger partial charge in [0.1, 0.15) is 11.6 Å². The summed E-state index contributed by atoms with van der Waals surface area (Å²) in [5.41, 5.74) is 1.27. The largest absolute Gasteiger partial charge is 0.334 e. The van der Waals surface area contributed by atoms with Crippen molar-refractivity contribution in [3.63, 3.8) is 0 Å². The standard InChI is InChI=1S/C18H26N6O/c1-14(11-22(3)12-16-7-5-4-6-8-16)19-18(25)23-9-10-24-17(13-23)20-15(2)21-24/h4-8,14H,9-13H2,1-3H3,(H,19,25)/t14-/m0/s1. The van der Waals surface area contributed by atoms with Gasteiger partial charge in [-0.05, 0) is 26.5 Å². The number of rotatable bonds is 5. The minimum absolute atomic E-state index is 0.0347. The van der Waals surface area contributed by atoms with E-state index in [1.807, 2.05) is 36.7 Å². The summed E-state index contributed by atoms with van der Waals surface area (Å²) in [6.07, 6.45) is 0. The van der Waals surface area contributed by atoms with Gasteiger partial charge in [-0.3, -0.25) is 0 Å². The van der Waals surface area contributed by atoms with Crippen LogP contribution >= 0.6 is 0 Å². The lowest BCUT2D eigenvalue weighted by molar-refractivity contribution is 0.173. The SMILES string of the molecule is Cc1nc2n(n1)CCN(C(=O)N[C@@H](C)CN(C)Cc1ccccc1)C2. The number of nitrogens with zero attached hydrogens (tertiary/aromatic N) is 5. The summed E-state index contributed by atoms with van der Waals surface area (Å²) in [4.78, 5) is 20.9. The third kappa shape index (κ3) is 4.57. The minimum atomic E-state index is -0.0347. The Morgan fingerprint density at radius 3 is 2.84 bits per heavy atom. The highest BCUT2D eigenvalue weighted by Crippen LogP contribution is 2.10. The number of likely N-dealkylation sites (N-methyl/N-ethyl adjacent to an activating group) is 1. The Bertz CT molecular complexity index is 714. The molecule has 2 aromatic rings. The first kappa shape index (κ1) is 17.4. The molecule has 7 heteroatoms. The number of carbonyl (C=O) groups excluding carboxylic acids is 1. The topological polar surface area (TPSA) is 66.3 Å². The summed E-state index contributed by atoms with van der Waals surface area (Å²) in [6.45, 7) is 7.45. The van der Waals surface area contributed by atoms with Gasteiger partial charge in [0, 0.05) is 25.7 Å². The predicted molar refractivity (Wildman–Crippen MR) is 95.9 cm³/mol. The molecular weight excluding hydrogens is 316 g/mol. The molecule has 1 atom stereocenters. The third-order valence-corrected chi connectivity index (χ3v) is 4.31. The van der Waals surface area contributed by atoms with Gasteiger partial charge in [-0.15, -0.1) is 0 Å². The van der Waals surface area contributed by atoms with Crippen molar-refractivity contribution in [2.24, 2.45) is 0 Å². The van der Waals surface area contributed by atoms with Gasteiger partial charge >= 0.3 is 6.03 Å². The first-order valence-corrected chi connectivity index (χ1v) is 8.69. The molecule has 0 bridgehead atoms. The van der Waals surface area contributed by atoms with Crippen LogP contribution in [0.5, 0.6) is 0 Å². The second-order valence-corrected chi connectivity index (χ2v) is 6.75. The van der Waals surface area contributed by atoms with E-state index in [4.69, 9.17) is 0 Å². The van der Waals surface area contributed by atoms with Gasteiger partial charge in [-0.25, -0.2) is 14.5 Å². The van der Waals surface area contributed by atoms with Crippen molar-refractivity contribution in [1.82, 2.24) is 29.9 Å². The number of nitrogens with one attached hydrogen (secondary N) is 1. The van der Waals surface area contributed by atoms with Crippen LogP contribution in [0.4, 0.5) is 4.79 Å². The van der Waals surface area contributed by atoms with E-state index in [-0.39, 0.29) is 12.1 Å². The summed E-state index contributed by atoms with van der Waals surface area (Å²) in [5.74, 6) is 1.61. The maximum Gasteiger partial charge on any atom is 0.318 e. The molecule has 3 rings (SSSR count). The molecule has 1 aromatic carbocycles. The van der Waals surface area contributed by atoms with E-state index < -0.39 is 0 Å². The zero-order chi connectivity index (χ0) is 17.8. The lowest BCUT2D eigenvalue weighted by atomic mass is 10.2. The summed E-state index contributed by atoms with van der Waals surface area (Å²) in [6, 6.07) is 10.4. The molecule has 7 nitrogen and oxygen atoms in total. The van der Waals surface area contributed by atoms with E-state index in [1.165, 1.54) is 5.56 Å². The zero-order valence-electron chi connectivity index (χ0n) is 15.1. The van der Waals surface area contributed by atoms with Crippen LogP contribution in [0.2, 0.25) is 0 Å². The van der Waals surface area contributed by atoms with Crippen LogP contribution in [-0.2, 0) is 19.6 Å². The molecule has 1 N–H and O–H groups in total. The van der Waals surface area contributed by atoms with Crippen LogP contribution in [0.15, 0.2) is 30.3 Å². The summed E-state index contributed by atoms with van der Waals surface area (Å²) in [5, 5.41) is 7.42. The van der Waals surface area contributed by atoms with Gasteiger partial charge in [-0.1, -0.05) is 30.3 Å². The second kappa shape index (κ2) is 7.65. The number of amides is 2. The van der Waals surface area contributed by atoms with E-state index in [1.54, 1.807) is 4.90 Å². The van der Waals surface area contributed by atoms with Crippen molar-refractivity contribution >= 4 is 6.03 Å². The maximum atomic E-state index is 12.5. The number of hydrogen-bond acceptors (Lipinski definition) is 4. The number of urea groups is 1. The molecule has 1 aliphatic heterocycles. The highest BCUT2D eigenvalue weighted by Gasteiger charge is 2.23. The van der Waals surface area contributed by atoms with Crippen molar-refractivity contribution in [3.8, 4) is 0 Å². The molecule has 0 spiro atoms. The van der Waals surface area contributed by atoms with E-state index >= 15 is 0 Å². The number of aromatic nitrogens is 3. The van der Waals surface area contributed by atoms with Crippen LogP contribution in [0.1, 0.15) is 24.1 Å². The fraction of sp³-hybridized carbons (Fsp3) is 0.500. The first-order valence-electron chi connectivity index (χ1n) is 8.69. The first-order chi connectivity index (χ1) is 12.0. The molecule has 134 valence electrons. The van der Waals surface area contributed by atoms with Crippen LogP contribution < -0.4 is 5.32 Å². The van der Waals surface area contributed by atoms with Crippen LogP contribution in [0.3, 0.4) is 0 Å². The van der Waals surface area contributed by atoms with Crippen molar-refractivity contribution < 1.29 is 4.79 Å². The van der Waals surface area contributed by atoms with Gasteiger partial charge in [0.15, 0.2) is 0 Å². The second-order valence-electron chi connectivity index (χ2n) is 6.75. The van der Waals surface area contributed by atoms with Crippen molar-refractivity contribution in [2.75, 3.05) is 20.1 Å². The lowest BCUT2D eigenvalue weighted by Crippen LogP contribution is -2.49. The Kier molecular flexibility index (Phi) is 5.33. The van der Waals surface area contributed by atoms with Gasteiger partial charge < -0.3 is 15.1 Å². The molecule has 2 amide bonds. The highest BCUT2D eigenvalue weighted by molar-refractivity contribution is 5.74. The van der Waals surface area contributed by atoms with Gasteiger partial charge in [0.2, 0.25) is 0 Å².